The maximum atomic E-state index is 12.4. The van der Waals surface area contributed by atoms with Crippen LogP contribution in [0.15, 0.2) is 17.1 Å². The van der Waals surface area contributed by atoms with Crippen LogP contribution < -0.4 is 0 Å². The van der Waals surface area contributed by atoms with Crippen molar-refractivity contribution in [2.45, 2.75) is 43.8 Å². The third kappa shape index (κ3) is 2.90. The van der Waals surface area contributed by atoms with E-state index in [-0.39, 0.29) is 17.6 Å². The molecule has 1 spiro atoms. The standard InChI is InChI=1S/C16H22N2O4/c19-15(14-9-20-11-17-14)18-5-1-4-16(10-18)6-13(8-22-16)21-7-12-2-3-12/h9,11-13H,1-8,10H2/t13-,16-/m0/s1. The molecule has 1 amide bonds. The summed E-state index contributed by atoms with van der Waals surface area (Å²) in [5.41, 5.74) is 0.142. The van der Waals surface area contributed by atoms with E-state index in [2.05, 4.69) is 4.98 Å². The smallest absolute Gasteiger partial charge is 0.275 e. The molecule has 3 aliphatic rings. The van der Waals surface area contributed by atoms with Crippen LogP contribution in [0, 0.1) is 5.92 Å². The fourth-order valence-electron chi connectivity index (χ4n) is 3.50. The zero-order valence-electron chi connectivity index (χ0n) is 12.7. The zero-order chi connectivity index (χ0) is 15.0. The predicted molar refractivity (Wildman–Crippen MR) is 77.4 cm³/mol. The molecule has 0 radical (unpaired) electrons. The van der Waals surface area contributed by atoms with Gasteiger partial charge in [-0.25, -0.2) is 4.98 Å². The van der Waals surface area contributed by atoms with Gasteiger partial charge in [-0.3, -0.25) is 4.79 Å². The van der Waals surface area contributed by atoms with Crippen molar-refractivity contribution in [2.75, 3.05) is 26.3 Å². The predicted octanol–water partition coefficient (Wildman–Crippen LogP) is 1.86. The molecule has 22 heavy (non-hydrogen) atoms. The molecule has 1 saturated carbocycles. The number of rotatable bonds is 4. The lowest BCUT2D eigenvalue weighted by molar-refractivity contribution is -0.0466. The van der Waals surface area contributed by atoms with Crippen molar-refractivity contribution < 1.29 is 18.7 Å². The van der Waals surface area contributed by atoms with E-state index >= 15 is 0 Å². The Morgan fingerprint density at radius 2 is 2.41 bits per heavy atom. The molecule has 3 fully saturated rings. The molecule has 2 saturated heterocycles. The summed E-state index contributed by atoms with van der Waals surface area (Å²) in [7, 11) is 0. The average molecular weight is 306 g/mol. The van der Waals surface area contributed by atoms with E-state index in [0.717, 1.165) is 38.3 Å². The number of ether oxygens (including phenoxy) is 2. The fourth-order valence-corrected chi connectivity index (χ4v) is 3.50. The minimum atomic E-state index is -0.230. The number of nitrogens with zero attached hydrogens (tertiary/aromatic N) is 2. The number of aromatic nitrogens is 1. The third-order valence-electron chi connectivity index (χ3n) is 4.92. The molecule has 4 rings (SSSR count). The molecule has 2 atom stereocenters. The number of piperidine rings is 1. The lowest BCUT2D eigenvalue weighted by Gasteiger charge is -2.39. The van der Waals surface area contributed by atoms with Crippen LogP contribution in [0.2, 0.25) is 0 Å². The largest absolute Gasteiger partial charge is 0.451 e. The fraction of sp³-hybridized carbons (Fsp3) is 0.750. The quantitative estimate of drug-likeness (QED) is 0.849. The number of amides is 1. The summed E-state index contributed by atoms with van der Waals surface area (Å²) in [6.07, 6.45) is 8.33. The van der Waals surface area contributed by atoms with Gasteiger partial charge in [-0.05, 0) is 31.6 Å². The van der Waals surface area contributed by atoms with Crippen molar-refractivity contribution in [2.24, 2.45) is 5.92 Å². The Hall–Kier alpha value is -1.40. The summed E-state index contributed by atoms with van der Waals surface area (Å²) < 4.78 is 17.0. The Bertz CT molecular complexity index is 528. The highest BCUT2D eigenvalue weighted by molar-refractivity contribution is 5.92. The lowest BCUT2D eigenvalue weighted by Crippen LogP contribution is -2.50. The van der Waals surface area contributed by atoms with E-state index in [0.29, 0.717) is 18.8 Å². The third-order valence-corrected chi connectivity index (χ3v) is 4.92. The molecule has 0 N–H and O–H groups in total. The van der Waals surface area contributed by atoms with Gasteiger partial charge in [0.25, 0.3) is 5.91 Å². The maximum Gasteiger partial charge on any atom is 0.275 e. The minimum absolute atomic E-state index is 0.0706. The molecule has 1 aromatic heterocycles. The van der Waals surface area contributed by atoms with Crippen molar-refractivity contribution in [3.63, 3.8) is 0 Å². The Balaban J connectivity index is 1.37. The molecule has 6 heteroatoms. The van der Waals surface area contributed by atoms with Crippen molar-refractivity contribution in [1.29, 1.82) is 0 Å². The van der Waals surface area contributed by atoms with E-state index in [1.54, 1.807) is 0 Å². The van der Waals surface area contributed by atoms with Gasteiger partial charge < -0.3 is 18.8 Å². The van der Waals surface area contributed by atoms with Gasteiger partial charge in [0.15, 0.2) is 12.1 Å². The van der Waals surface area contributed by atoms with E-state index in [4.69, 9.17) is 13.9 Å². The van der Waals surface area contributed by atoms with Crippen LogP contribution in [0.5, 0.6) is 0 Å². The van der Waals surface area contributed by atoms with Crippen LogP contribution in [0.4, 0.5) is 0 Å². The van der Waals surface area contributed by atoms with E-state index in [9.17, 15) is 4.79 Å². The molecule has 2 aliphatic heterocycles. The molecule has 0 unspecified atom stereocenters. The summed E-state index contributed by atoms with van der Waals surface area (Å²) in [5, 5.41) is 0. The molecule has 6 nitrogen and oxygen atoms in total. The Morgan fingerprint density at radius 3 is 3.18 bits per heavy atom. The SMILES string of the molecule is O=C(c1cocn1)N1CCC[C@]2(C[C@H](OCC3CC3)CO2)C1. The topological polar surface area (TPSA) is 64.8 Å². The normalized spacial score (nSPS) is 31.8. The Labute approximate surface area is 129 Å². The van der Waals surface area contributed by atoms with Gasteiger partial charge in [-0.2, -0.15) is 0 Å². The van der Waals surface area contributed by atoms with Gasteiger partial charge in [-0.15, -0.1) is 0 Å². The van der Waals surface area contributed by atoms with E-state index < -0.39 is 0 Å². The summed E-state index contributed by atoms with van der Waals surface area (Å²) in [5.74, 6) is 0.701. The van der Waals surface area contributed by atoms with Gasteiger partial charge >= 0.3 is 0 Å². The minimum Gasteiger partial charge on any atom is -0.451 e. The lowest BCUT2D eigenvalue weighted by atomic mass is 9.89. The first kappa shape index (κ1) is 14.2. The molecule has 0 aromatic carbocycles. The molecule has 0 bridgehead atoms. The van der Waals surface area contributed by atoms with Gasteiger partial charge in [0, 0.05) is 19.6 Å². The maximum absolute atomic E-state index is 12.4. The first-order chi connectivity index (χ1) is 10.7. The number of carbonyl (C=O) groups is 1. The van der Waals surface area contributed by atoms with Crippen LogP contribution >= 0.6 is 0 Å². The number of likely N-dealkylation sites (tertiary alicyclic amines) is 1. The average Bonchev–Trinajstić information content (AvgIpc) is 3.05. The van der Waals surface area contributed by atoms with Crippen LogP contribution in [-0.4, -0.2) is 53.8 Å². The van der Waals surface area contributed by atoms with Gasteiger partial charge in [-0.1, -0.05) is 0 Å². The van der Waals surface area contributed by atoms with E-state index in [1.165, 1.54) is 25.5 Å². The Kier molecular flexibility index (Phi) is 3.66. The second kappa shape index (κ2) is 5.66. The van der Waals surface area contributed by atoms with Crippen molar-refractivity contribution in [3.8, 4) is 0 Å². The molecular weight excluding hydrogens is 284 g/mol. The molecule has 1 aromatic rings. The van der Waals surface area contributed by atoms with Crippen LogP contribution in [0.25, 0.3) is 0 Å². The number of oxazole rings is 1. The molecule has 120 valence electrons. The van der Waals surface area contributed by atoms with Crippen LogP contribution in [0.1, 0.15) is 42.6 Å². The van der Waals surface area contributed by atoms with Crippen LogP contribution in [0.3, 0.4) is 0 Å². The van der Waals surface area contributed by atoms with Crippen LogP contribution in [-0.2, 0) is 9.47 Å². The van der Waals surface area contributed by atoms with Crippen molar-refractivity contribution >= 4 is 5.91 Å². The van der Waals surface area contributed by atoms with E-state index in [1.807, 2.05) is 4.90 Å². The molecular formula is C16H22N2O4. The Morgan fingerprint density at radius 1 is 1.50 bits per heavy atom. The number of carbonyl (C=O) groups excluding carboxylic acids is 1. The highest BCUT2D eigenvalue weighted by atomic mass is 16.6. The highest BCUT2D eigenvalue weighted by Crippen LogP contribution is 2.37. The van der Waals surface area contributed by atoms with Crippen molar-refractivity contribution in [3.05, 3.63) is 18.4 Å². The molecule has 3 heterocycles. The zero-order valence-corrected chi connectivity index (χ0v) is 12.7. The monoisotopic (exact) mass is 306 g/mol. The van der Waals surface area contributed by atoms with Gasteiger partial charge in [0.1, 0.15) is 6.26 Å². The first-order valence-electron chi connectivity index (χ1n) is 8.17. The van der Waals surface area contributed by atoms with Gasteiger partial charge in [0.2, 0.25) is 0 Å². The van der Waals surface area contributed by atoms with Crippen molar-refractivity contribution in [1.82, 2.24) is 9.88 Å². The summed E-state index contributed by atoms with van der Waals surface area (Å²) >= 11 is 0. The second-order valence-electron chi connectivity index (χ2n) is 6.80. The van der Waals surface area contributed by atoms with Gasteiger partial charge in [0.05, 0.1) is 24.9 Å². The molecule has 1 aliphatic carbocycles. The first-order valence-corrected chi connectivity index (χ1v) is 8.17. The summed E-state index contributed by atoms with van der Waals surface area (Å²) in [4.78, 5) is 18.2. The summed E-state index contributed by atoms with van der Waals surface area (Å²) in [6, 6.07) is 0. The second-order valence-corrected chi connectivity index (χ2v) is 6.80. The number of hydrogen-bond acceptors (Lipinski definition) is 5. The highest BCUT2D eigenvalue weighted by Gasteiger charge is 2.45. The summed E-state index contributed by atoms with van der Waals surface area (Å²) in [6.45, 7) is 2.90. The number of hydrogen-bond donors (Lipinski definition) is 0.